The highest BCUT2D eigenvalue weighted by Crippen LogP contribution is 2.46. The molecule has 3 atom stereocenters. The van der Waals surface area contributed by atoms with E-state index in [1.54, 1.807) is 0 Å². The lowest BCUT2D eigenvalue weighted by atomic mass is 10.0. The molecule has 0 fully saturated rings. The molecular weight excluding hydrogens is 303 g/mol. The summed E-state index contributed by atoms with van der Waals surface area (Å²) in [5.41, 5.74) is -3.21. The van der Waals surface area contributed by atoms with Crippen molar-refractivity contribution in [3.8, 4) is 0 Å². The second-order valence-electron chi connectivity index (χ2n) is 4.84. The predicted octanol–water partition coefficient (Wildman–Crippen LogP) is -1.03. The van der Waals surface area contributed by atoms with Gasteiger partial charge in [0.25, 0.3) is 5.56 Å². The topological polar surface area (TPSA) is 142 Å². The van der Waals surface area contributed by atoms with Gasteiger partial charge in [-0.25, -0.2) is 4.79 Å². The van der Waals surface area contributed by atoms with Crippen molar-refractivity contribution in [1.82, 2.24) is 9.55 Å². The van der Waals surface area contributed by atoms with E-state index in [-0.39, 0.29) is 5.56 Å². The maximum absolute atomic E-state index is 11.8. The molecule has 2 heterocycles. The Kier molecular flexibility index (Phi) is 3.81. The van der Waals surface area contributed by atoms with Gasteiger partial charge in [0.05, 0.1) is 0 Å². The minimum atomic E-state index is -4.52. The van der Waals surface area contributed by atoms with Crippen molar-refractivity contribution in [1.29, 1.82) is 0 Å². The van der Waals surface area contributed by atoms with Gasteiger partial charge in [0, 0.05) is 11.8 Å². The zero-order valence-corrected chi connectivity index (χ0v) is 12.2. The standard InChI is InChI=1S/C11H15N2O7P/c1-6-5-13(10(15)12-9(6)14)11(16)4-3-8(20-7(11)2)21(17,18)19/h3-5,7-8,16H,1-2H3,(H,12,14,15)(H2,17,18,19)/t7-,8-,11-/m0/s1. The predicted molar refractivity (Wildman–Crippen MR) is 71.8 cm³/mol. The van der Waals surface area contributed by atoms with Crippen molar-refractivity contribution in [2.75, 3.05) is 0 Å². The average Bonchev–Trinajstić information content (AvgIpc) is 2.36. The second kappa shape index (κ2) is 5.04. The molecule has 0 saturated carbocycles. The van der Waals surface area contributed by atoms with Gasteiger partial charge in [0.1, 0.15) is 6.10 Å². The van der Waals surface area contributed by atoms with E-state index in [0.717, 1.165) is 22.9 Å². The third-order valence-electron chi connectivity index (χ3n) is 3.29. The van der Waals surface area contributed by atoms with Crippen LogP contribution >= 0.6 is 7.60 Å². The summed E-state index contributed by atoms with van der Waals surface area (Å²) in [7, 11) is -4.52. The van der Waals surface area contributed by atoms with E-state index in [0.29, 0.717) is 0 Å². The lowest BCUT2D eigenvalue weighted by Crippen LogP contribution is -2.52. The Hall–Kier alpha value is -1.51. The molecule has 0 bridgehead atoms. The van der Waals surface area contributed by atoms with Crippen molar-refractivity contribution in [3.05, 3.63) is 44.8 Å². The number of aromatic nitrogens is 2. The number of H-pyrrole nitrogens is 1. The first-order valence-electron chi connectivity index (χ1n) is 6.01. The fourth-order valence-corrected chi connectivity index (χ4v) is 2.67. The van der Waals surface area contributed by atoms with Crippen LogP contribution in [0.2, 0.25) is 0 Å². The molecule has 116 valence electrons. The van der Waals surface area contributed by atoms with E-state index in [4.69, 9.17) is 14.5 Å². The molecule has 9 nitrogen and oxygen atoms in total. The number of nitrogens with one attached hydrogen (secondary N) is 1. The maximum atomic E-state index is 11.8. The molecule has 0 spiro atoms. The molecule has 0 amide bonds. The number of rotatable bonds is 2. The first-order valence-corrected chi connectivity index (χ1v) is 7.69. The third kappa shape index (κ3) is 2.78. The van der Waals surface area contributed by atoms with Gasteiger partial charge in [-0.05, 0) is 26.0 Å². The molecular formula is C11H15N2O7P. The number of aryl methyl sites for hydroxylation is 1. The number of hydrogen-bond acceptors (Lipinski definition) is 5. The summed E-state index contributed by atoms with van der Waals surface area (Å²) in [4.78, 5) is 43.4. The van der Waals surface area contributed by atoms with Crippen LogP contribution in [0.25, 0.3) is 0 Å². The molecule has 0 saturated heterocycles. The molecule has 21 heavy (non-hydrogen) atoms. The summed E-state index contributed by atoms with van der Waals surface area (Å²) in [5, 5.41) is 10.6. The molecule has 1 aromatic rings. The van der Waals surface area contributed by atoms with Gasteiger partial charge in [0.2, 0.25) is 0 Å². The number of ether oxygens (including phenoxy) is 1. The van der Waals surface area contributed by atoms with E-state index >= 15 is 0 Å². The minimum Gasteiger partial charge on any atom is -0.365 e. The number of aliphatic hydroxyl groups is 1. The lowest BCUT2D eigenvalue weighted by molar-refractivity contribution is -0.136. The molecule has 1 aliphatic heterocycles. The van der Waals surface area contributed by atoms with Crippen molar-refractivity contribution < 1.29 is 24.2 Å². The van der Waals surface area contributed by atoms with Gasteiger partial charge in [0.15, 0.2) is 11.6 Å². The van der Waals surface area contributed by atoms with Gasteiger partial charge in [-0.15, -0.1) is 0 Å². The smallest absolute Gasteiger partial charge is 0.357 e. The maximum Gasteiger partial charge on any atom is 0.357 e. The van der Waals surface area contributed by atoms with Gasteiger partial charge in [-0.2, -0.15) is 0 Å². The lowest BCUT2D eigenvalue weighted by Gasteiger charge is -2.38. The molecule has 1 aliphatic rings. The molecule has 10 heteroatoms. The summed E-state index contributed by atoms with van der Waals surface area (Å²) in [6, 6.07) is 0. The van der Waals surface area contributed by atoms with Crippen LogP contribution in [0.1, 0.15) is 12.5 Å². The van der Waals surface area contributed by atoms with Gasteiger partial charge in [-0.3, -0.25) is 18.9 Å². The summed E-state index contributed by atoms with van der Waals surface area (Å²) in [6.07, 6.45) is 2.10. The van der Waals surface area contributed by atoms with Crippen molar-refractivity contribution in [3.63, 3.8) is 0 Å². The van der Waals surface area contributed by atoms with Crippen LogP contribution in [0.15, 0.2) is 27.9 Å². The summed E-state index contributed by atoms with van der Waals surface area (Å²) in [6.45, 7) is 2.81. The molecule has 0 radical (unpaired) electrons. The van der Waals surface area contributed by atoms with Gasteiger partial charge < -0.3 is 19.6 Å². The number of aromatic amines is 1. The zero-order valence-electron chi connectivity index (χ0n) is 11.3. The first kappa shape index (κ1) is 15.9. The number of hydrogen-bond donors (Lipinski definition) is 4. The Morgan fingerprint density at radius 1 is 1.43 bits per heavy atom. The van der Waals surface area contributed by atoms with Crippen LogP contribution in [0, 0.1) is 6.92 Å². The monoisotopic (exact) mass is 318 g/mol. The Bertz CT molecular complexity index is 746. The highest BCUT2D eigenvalue weighted by molar-refractivity contribution is 7.52. The van der Waals surface area contributed by atoms with E-state index in [2.05, 4.69) is 0 Å². The van der Waals surface area contributed by atoms with Crippen molar-refractivity contribution in [2.24, 2.45) is 0 Å². The van der Waals surface area contributed by atoms with Gasteiger partial charge in [-0.1, -0.05) is 0 Å². The average molecular weight is 318 g/mol. The van der Waals surface area contributed by atoms with Crippen LogP contribution in [0.5, 0.6) is 0 Å². The molecule has 0 aromatic carbocycles. The quantitative estimate of drug-likeness (QED) is 0.403. The van der Waals surface area contributed by atoms with Crippen LogP contribution in [0.3, 0.4) is 0 Å². The van der Waals surface area contributed by atoms with E-state index < -0.39 is 36.5 Å². The highest BCUT2D eigenvalue weighted by atomic mass is 31.2. The summed E-state index contributed by atoms with van der Waals surface area (Å²) < 4.78 is 17.1. The second-order valence-corrected chi connectivity index (χ2v) is 6.53. The Morgan fingerprint density at radius 3 is 2.57 bits per heavy atom. The highest BCUT2D eigenvalue weighted by Gasteiger charge is 2.43. The van der Waals surface area contributed by atoms with Crippen LogP contribution in [0.4, 0.5) is 0 Å². The molecule has 2 rings (SSSR count). The Morgan fingerprint density at radius 2 is 2.05 bits per heavy atom. The molecule has 0 aliphatic carbocycles. The summed E-state index contributed by atoms with van der Waals surface area (Å²) >= 11 is 0. The minimum absolute atomic E-state index is 0.195. The first-order chi connectivity index (χ1) is 9.55. The van der Waals surface area contributed by atoms with E-state index in [1.165, 1.54) is 13.8 Å². The Balaban J connectivity index is 2.54. The third-order valence-corrected chi connectivity index (χ3v) is 4.24. The van der Waals surface area contributed by atoms with E-state index in [9.17, 15) is 19.3 Å². The largest absolute Gasteiger partial charge is 0.365 e. The van der Waals surface area contributed by atoms with Crippen molar-refractivity contribution in [2.45, 2.75) is 31.5 Å². The summed E-state index contributed by atoms with van der Waals surface area (Å²) in [5.74, 6) is -1.49. The van der Waals surface area contributed by atoms with Crippen LogP contribution in [-0.2, 0) is 15.0 Å². The van der Waals surface area contributed by atoms with Crippen LogP contribution < -0.4 is 11.2 Å². The Labute approximate surface area is 118 Å². The SMILES string of the molecule is Cc1cn([C@]2(O)C=C[C@H](P(=O)(O)O)O[C@H]2C)c(=O)[nH]c1=O. The number of nitrogens with zero attached hydrogens (tertiary/aromatic N) is 1. The fourth-order valence-electron chi connectivity index (χ4n) is 2.01. The van der Waals surface area contributed by atoms with Gasteiger partial charge >= 0.3 is 13.3 Å². The van der Waals surface area contributed by atoms with E-state index in [1.807, 2.05) is 4.98 Å². The van der Waals surface area contributed by atoms with Crippen LogP contribution in [-0.4, -0.2) is 36.4 Å². The molecule has 0 unspecified atom stereocenters. The normalized spacial score (nSPS) is 29.6. The molecule has 1 aromatic heterocycles. The zero-order chi connectivity index (χ0) is 16.0. The van der Waals surface area contributed by atoms with Crippen molar-refractivity contribution >= 4 is 7.60 Å². The molecule has 4 N–H and O–H groups in total. The fraction of sp³-hybridized carbons (Fsp3) is 0.455.